The minimum atomic E-state index is 0.623. The molecule has 0 aromatic carbocycles. The molecule has 0 radical (unpaired) electrons. The number of nitrogens with zero attached hydrogens (tertiary/aromatic N) is 2. The van der Waals surface area contributed by atoms with E-state index in [-0.39, 0.29) is 0 Å². The Morgan fingerprint density at radius 1 is 1.30 bits per heavy atom. The van der Waals surface area contributed by atoms with Crippen LogP contribution in [0.4, 0.5) is 0 Å². The molecule has 3 heteroatoms. The van der Waals surface area contributed by atoms with Gasteiger partial charge >= 0.3 is 0 Å². The molecule has 0 N–H and O–H groups in total. The summed E-state index contributed by atoms with van der Waals surface area (Å²) in [7, 11) is 0. The fourth-order valence-electron chi connectivity index (χ4n) is 0.401. The summed E-state index contributed by atoms with van der Waals surface area (Å²) < 4.78 is 4.60. The summed E-state index contributed by atoms with van der Waals surface area (Å²) in [4.78, 5) is 3.83. The number of aryl methyl sites for hydroxylation is 2. The van der Waals surface area contributed by atoms with Crippen LogP contribution in [-0.2, 0) is 0 Å². The normalized spacial score (nSPS) is 8.40. The fourth-order valence-corrected chi connectivity index (χ4v) is 0.401. The molecule has 1 aromatic heterocycles. The Morgan fingerprint density at radius 2 is 1.80 bits per heavy atom. The van der Waals surface area contributed by atoms with E-state index in [1.165, 1.54) is 6.42 Å². The van der Waals surface area contributed by atoms with Gasteiger partial charge in [-0.3, -0.25) is 0 Å². The number of rotatable bonds is 0. The Hall–Kier alpha value is -0.860. The Labute approximate surface area is 61.4 Å². The highest BCUT2D eigenvalue weighted by Crippen LogP contribution is 1.89. The molecule has 0 aliphatic rings. The van der Waals surface area contributed by atoms with Crippen LogP contribution in [0.5, 0.6) is 0 Å². The average Bonchev–Trinajstić information content (AvgIpc) is 2.17. The molecule has 0 saturated heterocycles. The molecule has 1 heterocycles. The zero-order chi connectivity index (χ0) is 7.98. The first-order valence-electron chi connectivity index (χ1n) is 3.47. The van der Waals surface area contributed by atoms with E-state index in [2.05, 4.69) is 28.5 Å². The maximum Gasteiger partial charge on any atom is 0.223 e. The van der Waals surface area contributed by atoms with Crippen LogP contribution in [0.15, 0.2) is 4.52 Å². The van der Waals surface area contributed by atoms with Crippen LogP contribution in [0.2, 0.25) is 0 Å². The predicted molar refractivity (Wildman–Crippen MR) is 39.7 cm³/mol. The zero-order valence-corrected chi connectivity index (χ0v) is 7.01. The summed E-state index contributed by atoms with van der Waals surface area (Å²) in [5.74, 6) is 1.31. The van der Waals surface area contributed by atoms with Crippen LogP contribution in [0.25, 0.3) is 0 Å². The third-order valence-electron chi connectivity index (χ3n) is 0.629. The topological polar surface area (TPSA) is 38.9 Å². The molecule has 0 spiro atoms. The monoisotopic (exact) mass is 142 g/mol. The lowest BCUT2D eigenvalue weighted by Crippen LogP contribution is -1.70. The van der Waals surface area contributed by atoms with E-state index in [1.54, 1.807) is 13.8 Å². The Morgan fingerprint density at radius 3 is 1.90 bits per heavy atom. The van der Waals surface area contributed by atoms with Crippen molar-refractivity contribution in [3.8, 4) is 0 Å². The van der Waals surface area contributed by atoms with E-state index < -0.39 is 0 Å². The van der Waals surface area contributed by atoms with E-state index >= 15 is 0 Å². The summed E-state index contributed by atoms with van der Waals surface area (Å²) in [5, 5.41) is 3.53. The molecular weight excluding hydrogens is 128 g/mol. The van der Waals surface area contributed by atoms with E-state index in [1.807, 2.05) is 0 Å². The second-order valence-electron chi connectivity index (χ2n) is 2.07. The molecule has 58 valence electrons. The van der Waals surface area contributed by atoms with Gasteiger partial charge in [-0.15, -0.1) is 0 Å². The van der Waals surface area contributed by atoms with Gasteiger partial charge in [-0.1, -0.05) is 25.4 Å². The van der Waals surface area contributed by atoms with Gasteiger partial charge in [0, 0.05) is 6.92 Å². The standard InChI is InChI=1S/C4H6N2O.C3H8/c1-3-5-4(2)7-6-3;1-3-2/h1-2H3;3H2,1-2H3. The van der Waals surface area contributed by atoms with Gasteiger partial charge in [-0.25, -0.2) is 0 Å². The molecule has 0 amide bonds. The van der Waals surface area contributed by atoms with Crippen molar-refractivity contribution in [3.05, 3.63) is 11.7 Å². The van der Waals surface area contributed by atoms with Crippen molar-refractivity contribution in [1.82, 2.24) is 10.1 Å². The molecule has 0 aliphatic carbocycles. The lowest BCUT2D eigenvalue weighted by atomic mass is 10.6. The highest BCUT2D eigenvalue weighted by Gasteiger charge is 1.89. The molecular formula is C7H14N2O. The summed E-state index contributed by atoms with van der Waals surface area (Å²) >= 11 is 0. The Kier molecular flexibility index (Phi) is 4.54. The van der Waals surface area contributed by atoms with Crippen LogP contribution in [0.3, 0.4) is 0 Å². The van der Waals surface area contributed by atoms with Crippen molar-refractivity contribution in [1.29, 1.82) is 0 Å². The van der Waals surface area contributed by atoms with Crippen molar-refractivity contribution in [2.75, 3.05) is 0 Å². The van der Waals surface area contributed by atoms with Crippen molar-refractivity contribution < 1.29 is 4.52 Å². The molecule has 0 saturated carbocycles. The molecule has 0 aliphatic heterocycles. The minimum absolute atomic E-state index is 0.623. The van der Waals surface area contributed by atoms with Crippen LogP contribution in [0.1, 0.15) is 32.0 Å². The van der Waals surface area contributed by atoms with Crippen LogP contribution in [0, 0.1) is 13.8 Å². The molecule has 0 atom stereocenters. The number of hydrogen-bond acceptors (Lipinski definition) is 3. The van der Waals surface area contributed by atoms with Gasteiger partial charge in [0.25, 0.3) is 0 Å². The lowest BCUT2D eigenvalue weighted by molar-refractivity contribution is 0.389. The highest BCUT2D eigenvalue weighted by molar-refractivity contribution is 4.77. The number of hydrogen-bond donors (Lipinski definition) is 0. The van der Waals surface area contributed by atoms with Crippen LogP contribution < -0.4 is 0 Å². The molecule has 3 nitrogen and oxygen atoms in total. The maximum absolute atomic E-state index is 4.60. The van der Waals surface area contributed by atoms with E-state index in [4.69, 9.17) is 0 Å². The van der Waals surface area contributed by atoms with Crippen LogP contribution >= 0.6 is 0 Å². The first kappa shape index (κ1) is 9.14. The molecule has 1 aromatic rings. The third-order valence-corrected chi connectivity index (χ3v) is 0.629. The van der Waals surface area contributed by atoms with Gasteiger partial charge in [0.05, 0.1) is 0 Å². The summed E-state index contributed by atoms with van der Waals surface area (Å²) in [5.41, 5.74) is 0. The maximum atomic E-state index is 4.60. The minimum Gasteiger partial charge on any atom is -0.340 e. The summed E-state index contributed by atoms with van der Waals surface area (Å²) in [6.07, 6.45) is 1.25. The molecule has 0 bridgehead atoms. The smallest absolute Gasteiger partial charge is 0.223 e. The van der Waals surface area contributed by atoms with E-state index in [0.29, 0.717) is 11.7 Å². The Balaban J connectivity index is 0.000000236. The zero-order valence-electron chi connectivity index (χ0n) is 7.01. The fraction of sp³-hybridized carbons (Fsp3) is 0.714. The van der Waals surface area contributed by atoms with Gasteiger partial charge in [-0.2, -0.15) is 4.98 Å². The molecule has 1 rings (SSSR count). The molecule has 0 unspecified atom stereocenters. The second kappa shape index (κ2) is 4.97. The van der Waals surface area contributed by atoms with Crippen molar-refractivity contribution >= 4 is 0 Å². The van der Waals surface area contributed by atoms with Gasteiger partial charge in [-0.05, 0) is 6.92 Å². The SMILES string of the molecule is CCC.Cc1noc(C)n1. The largest absolute Gasteiger partial charge is 0.340 e. The van der Waals surface area contributed by atoms with E-state index in [0.717, 1.165) is 0 Å². The molecule has 0 fully saturated rings. The molecule has 10 heavy (non-hydrogen) atoms. The van der Waals surface area contributed by atoms with E-state index in [9.17, 15) is 0 Å². The van der Waals surface area contributed by atoms with Crippen molar-refractivity contribution in [2.24, 2.45) is 0 Å². The quantitative estimate of drug-likeness (QED) is 0.556. The third kappa shape index (κ3) is 4.06. The predicted octanol–water partition coefficient (Wildman–Crippen LogP) is 2.10. The number of aromatic nitrogens is 2. The first-order chi connectivity index (χ1) is 4.70. The van der Waals surface area contributed by atoms with Gasteiger partial charge in [0.2, 0.25) is 5.89 Å². The van der Waals surface area contributed by atoms with Crippen LogP contribution in [-0.4, -0.2) is 10.1 Å². The van der Waals surface area contributed by atoms with Crippen molar-refractivity contribution in [3.63, 3.8) is 0 Å². The highest BCUT2D eigenvalue weighted by atomic mass is 16.5. The van der Waals surface area contributed by atoms with Gasteiger partial charge in [0.15, 0.2) is 5.82 Å². The lowest BCUT2D eigenvalue weighted by Gasteiger charge is -1.64. The first-order valence-corrected chi connectivity index (χ1v) is 3.47. The van der Waals surface area contributed by atoms with Gasteiger partial charge < -0.3 is 4.52 Å². The average molecular weight is 142 g/mol. The Bertz CT molecular complexity index is 155. The second-order valence-corrected chi connectivity index (χ2v) is 2.07. The van der Waals surface area contributed by atoms with Gasteiger partial charge in [0.1, 0.15) is 0 Å². The summed E-state index contributed by atoms with van der Waals surface area (Å²) in [6.45, 7) is 7.80. The van der Waals surface area contributed by atoms with Crippen molar-refractivity contribution in [2.45, 2.75) is 34.1 Å². The summed E-state index contributed by atoms with van der Waals surface area (Å²) in [6, 6.07) is 0.